The second kappa shape index (κ2) is 5.25. The van der Waals surface area contributed by atoms with Gasteiger partial charge >= 0.3 is 11.8 Å². The number of aryl methyl sites for hydroxylation is 1. The largest absolute Gasteiger partial charge is 0.480 e. The molecule has 9 nitrogen and oxygen atoms in total. The Morgan fingerprint density at radius 2 is 2.47 bits per heavy atom. The van der Waals surface area contributed by atoms with Gasteiger partial charge in [-0.3, -0.25) is 4.57 Å². The number of anilines is 1. The number of aromatic nitrogens is 2. The average molecular weight is 244 g/mol. The van der Waals surface area contributed by atoms with Gasteiger partial charge in [0.2, 0.25) is 12.1 Å². The van der Waals surface area contributed by atoms with Gasteiger partial charge in [0.05, 0.1) is 6.61 Å². The molecule has 0 radical (unpaired) electrons. The van der Waals surface area contributed by atoms with Crippen LogP contribution in [0.1, 0.15) is 0 Å². The smallest absolute Gasteiger partial charge is 0.406 e. The maximum atomic E-state index is 10.9. The summed E-state index contributed by atoms with van der Waals surface area (Å²) in [6, 6.07) is -1.07. The predicted octanol–water partition coefficient (Wildman–Crippen LogP) is -0.160. The molecule has 0 aliphatic heterocycles. The summed E-state index contributed by atoms with van der Waals surface area (Å²) in [7, 11) is 2.86. The van der Waals surface area contributed by atoms with Gasteiger partial charge in [0, 0.05) is 14.2 Å². The maximum Gasteiger partial charge on any atom is 0.406 e. The summed E-state index contributed by atoms with van der Waals surface area (Å²) in [6.07, 6.45) is 1.23. The van der Waals surface area contributed by atoms with Crippen molar-refractivity contribution in [3.05, 3.63) is 16.4 Å². The molecule has 1 aromatic heterocycles. The minimum Gasteiger partial charge on any atom is -0.480 e. The van der Waals surface area contributed by atoms with Crippen molar-refractivity contribution in [1.29, 1.82) is 0 Å². The van der Waals surface area contributed by atoms with Gasteiger partial charge in [0.25, 0.3) is 0 Å². The van der Waals surface area contributed by atoms with E-state index in [9.17, 15) is 14.9 Å². The van der Waals surface area contributed by atoms with Crippen molar-refractivity contribution < 1.29 is 19.6 Å². The fourth-order valence-electron chi connectivity index (χ4n) is 1.22. The van der Waals surface area contributed by atoms with Crippen LogP contribution in [0.4, 0.5) is 11.6 Å². The molecule has 0 spiro atoms. The topological polar surface area (TPSA) is 120 Å². The van der Waals surface area contributed by atoms with Crippen LogP contribution in [0.25, 0.3) is 0 Å². The molecule has 9 heteroatoms. The maximum absolute atomic E-state index is 10.9. The molecular formula is C8H12N4O5. The number of aliphatic carboxylic acids is 1. The van der Waals surface area contributed by atoms with Gasteiger partial charge < -0.3 is 25.3 Å². The standard InChI is InChI=1S/C8H12N4O5/c1-11-4-9-6(12(15)16)7(11)10-5(3-17-2)8(13)14/h4-5,10H,3H2,1-2H3,(H,13,14). The van der Waals surface area contributed by atoms with Gasteiger partial charge in [-0.05, 0) is 9.91 Å². The van der Waals surface area contributed by atoms with Crippen LogP contribution in [0.15, 0.2) is 6.33 Å². The molecule has 94 valence electrons. The van der Waals surface area contributed by atoms with Crippen molar-refractivity contribution in [2.45, 2.75) is 6.04 Å². The lowest BCUT2D eigenvalue weighted by molar-refractivity contribution is -0.388. The molecule has 1 heterocycles. The Morgan fingerprint density at radius 1 is 1.82 bits per heavy atom. The highest BCUT2D eigenvalue weighted by Crippen LogP contribution is 2.21. The first-order valence-corrected chi connectivity index (χ1v) is 4.61. The van der Waals surface area contributed by atoms with E-state index in [1.165, 1.54) is 25.1 Å². The van der Waals surface area contributed by atoms with E-state index < -0.39 is 22.8 Å². The van der Waals surface area contributed by atoms with Crippen molar-refractivity contribution in [2.75, 3.05) is 19.0 Å². The molecule has 0 amide bonds. The fraction of sp³-hybridized carbons (Fsp3) is 0.500. The molecule has 0 bridgehead atoms. The van der Waals surface area contributed by atoms with Crippen LogP contribution >= 0.6 is 0 Å². The molecule has 2 N–H and O–H groups in total. The highest BCUT2D eigenvalue weighted by atomic mass is 16.6. The third kappa shape index (κ3) is 2.91. The number of nitrogens with zero attached hydrogens (tertiary/aromatic N) is 3. The van der Waals surface area contributed by atoms with Crippen molar-refractivity contribution in [3.63, 3.8) is 0 Å². The lowest BCUT2D eigenvalue weighted by Crippen LogP contribution is -2.34. The Kier molecular flexibility index (Phi) is 3.99. The SMILES string of the molecule is COCC(Nc1c([N+](=O)[O-])ncn1C)C(=O)O. The normalized spacial score (nSPS) is 12.1. The van der Waals surface area contributed by atoms with Gasteiger partial charge in [0.1, 0.15) is 6.04 Å². The highest BCUT2D eigenvalue weighted by Gasteiger charge is 2.25. The van der Waals surface area contributed by atoms with Crippen LogP contribution in [0.2, 0.25) is 0 Å². The van der Waals surface area contributed by atoms with Crippen LogP contribution in [0, 0.1) is 10.1 Å². The van der Waals surface area contributed by atoms with Crippen molar-refractivity contribution >= 4 is 17.6 Å². The molecule has 1 unspecified atom stereocenters. The molecule has 0 aromatic carbocycles. The summed E-state index contributed by atoms with van der Waals surface area (Å²) in [5.41, 5.74) is 0. The fourth-order valence-corrected chi connectivity index (χ4v) is 1.22. The van der Waals surface area contributed by atoms with E-state index in [0.717, 1.165) is 0 Å². The minimum atomic E-state index is -1.16. The number of carbonyl (C=O) groups is 1. The van der Waals surface area contributed by atoms with Gasteiger partial charge in [-0.25, -0.2) is 4.79 Å². The van der Waals surface area contributed by atoms with Gasteiger partial charge in [-0.15, -0.1) is 0 Å². The molecule has 1 rings (SSSR count). The first-order valence-electron chi connectivity index (χ1n) is 4.61. The van der Waals surface area contributed by atoms with Crippen molar-refractivity contribution in [2.24, 2.45) is 7.05 Å². The Morgan fingerprint density at radius 3 is 2.94 bits per heavy atom. The number of nitro groups is 1. The van der Waals surface area contributed by atoms with Crippen LogP contribution in [0.3, 0.4) is 0 Å². The Labute approximate surface area is 96.2 Å². The number of hydrogen-bond acceptors (Lipinski definition) is 6. The van der Waals surface area contributed by atoms with Gasteiger partial charge in [-0.1, -0.05) is 0 Å². The Bertz CT molecular complexity index is 430. The summed E-state index contributed by atoms with van der Waals surface area (Å²) in [6.45, 7) is -0.113. The Balaban J connectivity index is 2.95. The third-order valence-corrected chi connectivity index (χ3v) is 2.03. The molecule has 17 heavy (non-hydrogen) atoms. The molecule has 0 fully saturated rings. The second-order valence-electron chi connectivity index (χ2n) is 3.28. The first-order chi connectivity index (χ1) is 7.97. The number of carboxylic acids is 1. The van der Waals surface area contributed by atoms with Crippen LogP contribution in [-0.2, 0) is 16.6 Å². The van der Waals surface area contributed by atoms with Crippen molar-refractivity contribution in [1.82, 2.24) is 9.55 Å². The zero-order chi connectivity index (χ0) is 13.0. The van der Waals surface area contributed by atoms with Crippen LogP contribution in [-0.4, -0.2) is 45.3 Å². The molecule has 0 saturated carbocycles. The zero-order valence-corrected chi connectivity index (χ0v) is 9.28. The number of imidazole rings is 1. The van der Waals surface area contributed by atoms with E-state index in [2.05, 4.69) is 10.3 Å². The lowest BCUT2D eigenvalue weighted by atomic mass is 10.3. The first kappa shape index (κ1) is 12.9. The summed E-state index contributed by atoms with van der Waals surface area (Å²) < 4.78 is 6.05. The van der Waals surface area contributed by atoms with Gasteiger partial charge in [0.15, 0.2) is 0 Å². The van der Waals surface area contributed by atoms with E-state index in [1.807, 2.05) is 0 Å². The quantitative estimate of drug-likeness (QED) is 0.527. The van der Waals surface area contributed by atoms with E-state index in [1.54, 1.807) is 0 Å². The molecule has 1 atom stereocenters. The Hall–Kier alpha value is -2.16. The van der Waals surface area contributed by atoms with E-state index in [4.69, 9.17) is 9.84 Å². The molecular weight excluding hydrogens is 232 g/mol. The summed E-state index contributed by atoms with van der Waals surface area (Å²) in [5.74, 6) is -1.56. The van der Waals surface area contributed by atoms with E-state index in [0.29, 0.717) is 0 Å². The minimum absolute atomic E-state index is 0.0273. The van der Waals surface area contributed by atoms with Crippen LogP contribution < -0.4 is 5.32 Å². The van der Waals surface area contributed by atoms with Crippen molar-refractivity contribution in [3.8, 4) is 0 Å². The molecule has 1 aromatic rings. The average Bonchev–Trinajstić information content (AvgIpc) is 2.59. The zero-order valence-electron chi connectivity index (χ0n) is 9.28. The molecule has 0 aliphatic rings. The summed E-state index contributed by atoms with van der Waals surface area (Å²) >= 11 is 0. The predicted molar refractivity (Wildman–Crippen MR) is 56.8 cm³/mol. The second-order valence-corrected chi connectivity index (χ2v) is 3.28. The summed E-state index contributed by atoms with van der Waals surface area (Å²) in [4.78, 5) is 24.4. The molecule has 0 aliphatic carbocycles. The highest BCUT2D eigenvalue weighted by molar-refractivity contribution is 5.78. The van der Waals surface area contributed by atoms with Gasteiger partial charge in [-0.2, -0.15) is 0 Å². The summed E-state index contributed by atoms with van der Waals surface area (Å²) in [5, 5.41) is 22.0. The third-order valence-electron chi connectivity index (χ3n) is 2.03. The number of methoxy groups -OCH3 is 1. The molecule has 0 saturated heterocycles. The number of ether oxygens (including phenoxy) is 1. The number of rotatable bonds is 6. The lowest BCUT2D eigenvalue weighted by Gasteiger charge is -2.13. The number of nitrogens with one attached hydrogen (secondary N) is 1. The van der Waals surface area contributed by atoms with Crippen LogP contribution in [0.5, 0.6) is 0 Å². The number of hydrogen-bond donors (Lipinski definition) is 2. The monoisotopic (exact) mass is 244 g/mol. The number of carboxylic acid groups (broad SMARTS) is 1. The van der Waals surface area contributed by atoms with E-state index in [-0.39, 0.29) is 12.4 Å². The van der Waals surface area contributed by atoms with E-state index >= 15 is 0 Å².